The third-order valence-electron chi connectivity index (χ3n) is 2.53. The van der Waals surface area contributed by atoms with Gasteiger partial charge in [0, 0.05) is 23.3 Å². The average molecular weight is 387 g/mol. The second-order valence-electron chi connectivity index (χ2n) is 3.83. The van der Waals surface area contributed by atoms with E-state index in [1.54, 1.807) is 12.1 Å². The zero-order valence-electron chi connectivity index (χ0n) is 10.2. The molecule has 5 heteroatoms. The summed E-state index contributed by atoms with van der Waals surface area (Å²) in [6.45, 7) is 0. The predicted molar refractivity (Wildman–Crippen MR) is 88.4 cm³/mol. The normalized spacial score (nSPS) is 10.1. The summed E-state index contributed by atoms with van der Waals surface area (Å²) in [7, 11) is 1.83. The Balaban J connectivity index is 2.31. The molecule has 0 fully saturated rings. The molecular formula is C14H12ClIN2O. The summed E-state index contributed by atoms with van der Waals surface area (Å²) in [5, 5.41) is 11.4. The fraction of sp³-hybridized carbons (Fsp3) is 0.0714. The van der Waals surface area contributed by atoms with Crippen molar-refractivity contribution in [3.63, 3.8) is 0 Å². The molecule has 0 bridgehead atoms. The van der Waals surface area contributed by atoms with Crippen LogP contribution in [0.3, 0.4) is 0 Å². The molecule has 0 spiro atoms. The highest BCUT2D eigenvalue weighted by Crippen LogP contribution is 2.28. The van der Waals surface area contributed by atoms with Gasteiger partial charge < -0.3 is 10.1 Å². The molecule has 19 heavy (non-hydrogen) atoms. The number of nitrogens with one attached hydrogen (secondary N) is 2. The molecule has 98 valence electrons. The number of benzene rings is 2. The van der Waals surface area contributed by atoms with Crippen LogP contribution in [0.25, 0.3) is 0 Å². The summed E-state index contributed by atoms with van der Waals surface area (Å²) in [5.74, 6) is 1.35. The van der Waals surface area contributed by atoms with Crippen LogP contribution in [0.15, 0.2) is 42.5 Å². The lowest BCUT2D eigenvalue weighted by atomic mass is 10.2. The van der Waals surface area contributed by atoms with Gasteiger partial charge in [-0.15, -0.1) is 0 Å². The fourth-order valence-corrected chi connectivity index (χ4v) is 2.28. The first kappa shape index (κ1) is 14.1. The lowest BCUT2D eigenvalue weighted by Gasteiger charge is -2.11. The minimum atomic E-state index is 0.457. The SMILES string of the molecule is CNc1ccc(Oc2cccc(Cl)c2)cc1C(=N)I. The number of ether oxygens (including phenoxy) is 1. The molecule has 2 aromatic carbocycles. The van der Waals surface area contributed by atoms with Crippen molar-refractivity contribution in [3.05, 3.63) is 53.1 Å². The van der Waals surface area contributed by atoms with E-state index < -0.39 is 0 Å². The van der Waals surface area contributed by atoms with Crippen LogP contribution < -0.4 is 10.1 Å². The number of anilines is 1. The van der Waals surface area contributed by atoms with Gasteiger partial charge in [-0.05, 0) is 59.0 Å². The monoisotopic (exact) mass is 386 g/mol. The van der Waals surface area contributed by atoms with Crippen molar-refractivity contribution in [2.45, 2.75) is 0 Å². The second-order valence-corrected chi connectivity index (χ2v) is 5.35. The van der Waals surface area contributed by atoms with Crippen molar-refractivity contribution < 1.29 is 4.74 Å². The maximum absolute atomic E-state index is 7.76. The Bertz CT molecular complexity index is 616. The van der Waals surface area contributed by atoms with E-state index in [9.17, 15) is 0 Å². The van der Waals surface area contributed by atoms with Crippen LogP contribution in [0.5, 0.6) is 11.5 Å². The Kier molecular flexibility index (Phi) is 4.66. The highest BCUT2D eigenvalue weighted by Gasteiger charge is 2.07. The Morgan fingerprint density at radius 3 is 2.58 bits per heavy atom. The van der Waals surface area contributed by atoms with Crippen LogP contribution in [0.1, 0.15) is 5.56 Å². The molecule has 2 N–H and O–H groups in total. The molecule has 3 nitrogen and oxygen atoms in total. The highest BCUT2D eigenvalue weighted by molar-refractivity contribution is 14.1. The molecule has 0 saturated heterocycles. The van der Waals surface area contributed by atoms with Gasteiger partial charge in [0.05, 0.1) is 0 Å². The first-order chi connectivity index (χ1) is 9.10. The van der Waals surface area contributed by atoms with E-state index in [1.165, 1.54) is 0 Å². The summed E-state index contributed by atoms with van der Waals surface area (Å²) >= 11 is 7.89. The zero-order chi connectivity index (χ0) is 13.8. The maximum atomic E-state index is 7.76. The minimum absolute atomic E-state index is 0.457. The van der Waals surface area contributed by atoms with Gasteiger partial charge in [-0.25, -0.2) is 0 Å². The van der Waals surface area contributed by atoms with E-state index in [0.717, 1.165) is 11.3 Å². The van der Waals surface area contributed by atoms with Gasteiger partial charge in [-0.3, -0.25) is 5.41 Å². The molecular weight excluding hydrogens is 375 g/mol. The van der Waals surface area contributed by atoms with Gasteiger partial charge in [0.1, 0.15) is 15.2 Å². The van der Waals surface area contributed by atoms with Crippen molar-refractivity contribution in [3.8, 4) is 11.5 Å². The molecule has 0 aliphatic carbocycles. The molecule has 0 aromatic heterocycles. The summed E-state index contributed by atoms with van der Waals surface area (Å²) < 4.78 is 6.19. The Morgan fingerprint density at radius 2 is 1.95 bits per heavy atom. The molecule has 2 rings (SSSR count). The average Bonchev–Trinajstić information content (AvgIpc) is 2.38. The van der Waals surface area contributed by atoms with E-state index in [2.05, 4.69) is 5.32 Å². The van der Waals surface area contributed by atoms with Gasteiger partial charge in [0.2, 0.25) is 0 Å². The third kappa shape index (κ3) is 3.61. The Morgan fingerprint density at radius 1 is 1.21 bits per heavy atom. The molecule has 0 amide bonds. The van der Waals surface area contributed by atoms with E-state index in [4.69, 9.17) is 21.7 Å². The molecule has 0 aliphatic heterocycles. The van der Waals surface area contributed by atoms with Crippen molar-refractivity contribution in [1.82, 2.24) is 0 Å². The quantitative estimate of drug-likeness (QED) is 0.578. The van der Waals surface area contributed by atoms with Gasteiger partial charge in [-0.2, -0.15) is 0 Å². The number of hydrogen-bond acceptors (Lipinski definition) is 3. The summed E-state index contributed by atoms with van der Waals surface area (Å²) in [4.78, 5) is 0. The second kappa shape index (κ2) is 6.25. The highest BCUT2D eigenvalue weighted by atomic mass is 127. The summed E-state index contributed by atoms with van der Waals surface area (Å²) in [6.07, 6.45) is 0. The fourth-order valence-electron chi connectivity index (χ4n) is 1.65. The zero-order valence-corrected chi connectivity index (χ0v) is 13.1. The standard InChI is InChI=1S/C14H12ClIN2O/c1-18-13-6-5-11(8-12(13)14(16)17)19-10-4-2-3-9(15)7-10/h2-8,17-18H,1H3. The van der Waals surface area contributed by atoms with Gasteiger partial charge in [-0.1, -0.05) is 17.7 Å². The van der Waals surface area contributed by atoms with Crippen LogP contribution in [0.2, 0.25) is 5.02 Å². The largest absolute Gasteiger partial charge is 0.457 e. The molecule has 0 aliphatic rings. The lowest BCUT2D eigenvalue weighted by Crippen LogP contribution is -1.98. The van der Waals surface area contributed by atoms with Crippen LogP contribution in [-0.2, 0) is 0 Å². The summed E-state index contributed by atoms with van der Waals surface area (Å²) in [6, 6.07) is 12.8. The lowest BCUT2D eigenvalue weighted by molar-refractivity contribution is 0.483. The van der Waals surface area contributed by atoms with Gasteiger partial charge in [0.15, 0.2) is 0 Å². The van der Waals surface area contributed by atoms with Crippen molar-refractivity contribution in [1.29, 1.82) is 5.41 Å². The molecule has 0 unspecified atom stereocenters. The molecule has 0 saturated carbocycles. The van der Waals surface area contributed by atoms with E-state index in [-0.39, 0.29) is 0 Å². The van der Waals surface area contributed by atoms with Crippen LogP contribution in [0.4, 0.5) is 5.69 Å². The first-order valence-electron chi connectivity index (χ1n) is 5.60. The Hall–Kier alpha value is -1.27. The minimum Gasteiger partial charge on any atom is -0.457 e. The van der Waals surface area contributed by atoms with Crippen molar-refractivity contribution in [2.75, 3.05) is 12.4 Å². The summed E-state index contributed by atoms with van der Waals surface area (Å²) in [5.41, 5.74) is 1.71. The van der Waals surface area contributed by atoms with Gasteiger partial charge >= 0.3 is 0 Å². The van der Waals surface area contributed by atoms with Crippen molar-refractivity contribution >= 4 is 43.6 Å². The van der Waals surface area contributed by atoms with Crippen LogP contribution in [-0.4, -0.2) is 10.8 Å². The molecule has 0 atom stereocenters. The number of rotatable bonds is 4. The predicted octanol–water partition coefficient (Wildman–Crippen LogP) is 4.93. The first-order valence-corrected chi connectivity index (χ1v) is 7.05. The molecule has 2 aromatic rings. The van der Waals surface area contributed by atoms with Gasteiger partial charge in [0.25, 0.3) is 0 Å². The molecule has 0 radical (unpaired) electrons. The Labute approximate surface area is 130 Å². The third-order valence-corrected chi connectivity index (χ3v) is 3.34. The van der Waals surface area contributed by atoms with E-state index >= 15 is 0 Å². The number of hydrogen-bond donors (Lipinski definition) is 2. The topological polar surface area (TPSA) is 45.1 Å². The van der Waals surface area contributed by atoms with Crippen molar-refractivity contribution in [2.24, 2.45) is 0 Å². The smallest absolute Gasteiger partial charge is 0.128 e. The van der Waals surface area contributed by atoms with E-state index in [1.807, 2.05) is 60.0 Å². The van der Waals surface area contributed by atoms with Crippen LogP contribution in [0, 0.1) is 5.41 Å². The molecule has 0 heterocycles. The van der Waals surface area contributed by atoms with E-state index in [0.29, 0.717) is 20.2 Å². The number of halogens is 2. The maximum Gasteiger partial charge on any atom is 0.128 e. The van der Waals surface area contributed by atoms with Crippen LogP contribution >= 0.6 is 34.2 Å².